The molecule has 1 saturated heterocycles. The Labute approximate surface area is 199 Å². The maximum Gasteiger partial charge on any atom is 0.264 e. The predicted octanol–water partition coefficient (Wildman–Crippen LogP) is 3.48. The Morgan fingerprint density at radius 2 is 2.12 bits per heavy atom. The summed E-state index contributed by atoms with van der Waals surface area (Å²) in [5.74, 6) is 0.531. The van der Waals surface area contributed by atoms with E-state index in [0.717, 1.165) is 37.2 Å². The zero-order chi connectivity index (χ0) is 23.4. The summed E-state index contributed by atoms with van der Waals surface area (Å²) in [6.45, 7) is 5.65. The van der Waals surface area contributed by atoms with Gasteiger partial charge in [0, 0.05) is 35.0 Å². The average Bonchev–Trinajstić information content (AvgIpc) is 3.57. The van der Waals surface area contributed by atoms with E-state index in [4.69, 9.17) is 11.0 Å². The zero-order valence-corrected chi connectivity index (χ0v) is 19.3. The van der Waals surface area contributed by atoms with Crippen molar-refractivity contribution >= 4 is 33.9 Å². The fourth-order valence-corrected chi connectivity index (χ4v) is 6.25. The fraction of sp³-hybridized carbons (Fsp3) is 0.280. The molecule has 1 aliphatic heterocycles. The van der Waals surface area contributed by atoms with Gasteiger partial charge < -0.3 is 10.6 Å². The Bertz CT molecular complexity index is 1530. The van der Waals surface area contributed by atoms with Crippen molar-refractivity contribution in [3.63, 3.8) is 0 Å². The molecule has 0 unspecified atom stereocenters. The number of benzene rings is 1. The van der Waals surface area contributed by atoms with Gasteiger partial charge in [-0.1, -0.05) is 30.8 Å². The number of hydrogen-bond acceptors (Lipinski definition) is 7. The Morgan fingerprint density at radius 1 is 1.32 bits per heavy atom. The SMILES string of the molecule is C=C(c1cc(C#N)cs1)c1[nH]nc2nc(N3CCC4(CC3)Cc3ccccc3[C@H]4N)[nH]c(=O)c12. The number of nitriles is 1. The largest absolute Gasteiger partial charge is 0.342 e. The Kier molecular flexibility index (Phi) is 4.69. The molecule has 4 aromatic rings. The lowest BCUT2D eigenvalue weighted by atomic mass is 9.73. The summed E-state index contributed by atoms with van der Waals surface area (Å²) < 4.78 is 0. The number of piperidine rings is 1. The molecule has 34 heavy (non-hydrogen) atoms. The van der Waals surface area contributed by atoms with Crippen LogP contribution in [0.25, 0.3) is 16.6 Å². The van der Waals surface area contributed by atoms with Crippen LogP contribution in [-0.4, -0.2) is 33.3 Å². The molecule has 0 radical (unpaired) electrons. The van der Waals surface area contributed by atoms with Crippen LogP contribution in [0.1, 0.15) is 46.1 Å². The Balaban J connectivity index is 1.25. The fourth-order valence-electron chi connectivity index (χ4n) is 5.43. The molecule has 4 N–H and O–H groups in total. The molecule has 0 bridgehead atoms. The van der Waals surface area contributed by atoms with Gasteiger partial charge in [0.05, 0.1) is 11.3 Å². The van der Waals surface area contributed by atoms with E-state index in [0.29, 0.717) is 33.8 Å². The van der Waals surface area contributed by atoms with E-state index >= 15 is 0 Å². The normalized spacial score (nSPS) is 18.8. The first-order valence-corrected chi connectivity index (χ1v) is 12.1. The number of fused-ring (bicyclic) bond motifs is 2. The van der Waals surface area contributed by atoms with Gasteiger partial charge >= 0.3 is 0 Å². The topological polar surface area (TPSA) is 127 Å². The van der Waals surface area contributed by atoms with Crippen molar-refractivity contribution in [1.82, 2.24) is 20.2 Å². The van der Waals surface area contributed by atoms with E-state index < -0.39 is 0 Å². The van der Waals surface area contributed by atoms with Gasteiger partial charge in [-0.25, -0.2) is 0 Å². The molecule has 0 amide bonds. The van der Waals surface area contributed by atoms with E-state index in [9.17, 15) is 4.79 Å². The van der Waals surface area contributed by atoms with E-state index in [1.807, 2.05) is 0 Å². The number of nitrogens with one attached hydrogen (secondary N) is 2. The van der Waals surface area contributed by atoms with Crippen LogP contribution < -0.4 is 16.2 Å². The number of rotatable bonds is 3. The highest BCUT2D eigenvalue weighted by molar-refractivity contribution is 7.11. The maximum absolute atomic E-state index is 13.1. The van der Waals surface area contributed by atoms with Crippen molar-refractivity contribution in [1.29, 1.82) is 5.26 Å². The van der Waals surface area contributed by atoms with Crippen molar-refractivity contribution in [2.45, 2.75) is 25.3 Å². The van der Waals surface area contributed by atoms with Crippen LogP contribution in [0.5, 0.6) is 0 Å². The van der Waals surface area contributed by atoms with Crippen molar-refractivity contribution in [2.75, 3.05) is 18.0 Å². The van der Waals surface area contributed by atoms with Crippen molar-refractivity contribution in [2.24, 2.45) is 11.1 Å². The molecular formula is C25H23N7OS. The van der Waals surface area contributed by atoms with Gasteiger partial charge in [-0.2, -0.15) is 15.3 Å². The van der Waals surface area contributed by atoms with Crippen LogP contribution >= 0.6 is 11.3 Å². The van der Waals surface area contributed by atoms with Gasteiger partial charge in [0.25, 0.3) is 5.56 Å². The quantitative estimate of drug-likeness (QED) is 0.421. The monoisotopic (exact) mass is 469 g/mol. The number of hydrogen-bond donors (Lipinski definition) is 3. The van der Waals surface area contributed by atoms with Gasteiger partial charge in [-0.15, -0.1) is 11.3 Å². The highest BCUT2D eigenvalue weighted by atomic mass is 32.1. The molecule has 2 aliphatic rings. The van der Waals surface area contributed by atoms with Crippen LogP contribution in [0, 0.1) is 16.7 Å². The predicted molar refractivity (Wildman–Crippen MR) is 133 cm³/mol. The van der Waals surface area contributed by atoms with Crippen LogP contribution in [0.4, 0.5) is 5.95 Å². The van der Waals surface area contributed by atoms with E-state index in [2.05, 4.69) is 62.0 Å². The molecule has 1 atom stereocenters. The van der Waals surface area contributed by atoms with Crippen LogP contribution in [0.3, 0.4) is 0 Å². The number of anilines is 1. The molecular weight excluding hydrogens is 446 g/mol. The first kappa shape index (κ1) is 20.8. The van der Waals surface area contributed by atoms with E-state index in [-0.39, 0.29) is 17.0 Å². The van der Waals surface area contributed by atoms with Crippen molar-refractivity contribution < 1.29 is 0 Å². The van der Waals surface area contributed by atoms with E-state index in [1.165, 1.54) is 22.5 Å². The van der Waals surface area contributed by atoms with Gasteiger partial charge in [-0.3, -0.25) is 14.9 Å². The van der Waals surface area contributed by atoms with Gasteiger partial charge in [0.1, 0.15) is 11.5 Å². The average molecular weight is 470 g/mol. The van der Waals surface area contributed by atoms with Crippen LogP contribution in [-0.2, 0) is 6.42 Å². The number of H-pyrrole nitrogens is 2. The molecule has 9 heteroatoms. The summed E-state index contributed by atoms with van der Waals surface area (Å²) in [6.07, 6.45) is 2.88. The Hall–Kier alpha value is -3.74. The number of nitrogens with two attached hydrogens (primary N) is 1. The lowest BCUT2D eigenvalue weighted by Crippen LogP contribution is -2.45. The van der Waals surface area contributed by atoms with Crippen molar-refractivity contribution in [3.05, 3.63) is 79.9 Å². The Morgan fingerprint density at radius 3 is 2.85 bits per heavy atom. The summed E-state index contributed by atoms with van der Waals surface area (Å²) in [6, 6.07) is 12.4. The van der Waals surface area contributed by atoms with E-state index in [1.54, 1.807) is 11.4 Å². The molecule has 1 aromatic carbocycles. The standard InChI is InChI=1S/C25H23N7OS/c1-14(18-10-15(12-26)13-34-18)20-19-22(31-30-20)28-24(29-23(19)33)32-8-6-25(7-9-32)11-16-4-2-3-5-17(16)21(25)27/h2-5,10,13,21H,1,6-9,11,27H2,(H2,28,29,30,31,33)/t21-/m1/s1. The molecule has 4 heterocycles. The summed E-state index contributed by atoms with van der Waals surface area (Å²) >= 11 is 1.40. The molecule has 8 nitrogen and oxygen atoms in total. The third-order valence-corrected chi connectivity index (χ3v) is 8.38. The lowest BCUT2D eigenvalue weighted by molar-refractivity contribution is 0.187. The zero-order valence-electron chi connectivity index (χ0n) is 18.5. The number of aromatic amines is 2. The molecule has 1 fully saturated rings. The van der Waals surface area contributed by atoms with Gasteiger partial charge in [-0.05, 0) is 41.9 Å². The minimum Gasteiger partial charge on any atom is -0.342 e. The third-order valence-electron chi connectivity index (χ3n) is 7.39. The molecule has 6 rings (SSSR count). The minimum absolute atomic E-state index is 0.0408. The second kappa shape index (κ2) is 7.65. The molecule has 3 aromatic heterocycles. The second-order valence-electron chi connectivity index (χ2n) is 9.18. The van der Waals surface area contributed by atoms with Gasteiger partial charge in [0.15, 0.2) is 5.65 Å². The van der Waals surface area contributed by atoms with Crippen LogP contribution in [0.2, 0.25) is 0 Å². The molecule has 1 aliphatic carbocycles. The molecule has 0 saturated carbocycles. The lowest BCUT2D eigenvalue weighted by Gasteiger charge is -2.42. The minimum atomic E-state index is -0.257. The summed E-state index contributed by atoms with van der Waals surface area (Å²) in [5, 5.41) is 18.4. The highest BCUT2D eigenvalue weighted by Gasteiger charge is 2.46. The second-order valence-corrected chi connectivity index (χ2v) is 10.1. The smallest absolute Gasteiger partial charge is 0.264 e. The number of thiophene rings is 1. The highest BCUT2D eigenvalue weighted by Crippen LogP contribution is 2.50. The third kappa shape index (κ3) is 3.10. The van der Waals surface area contributed by atoms with Crippen molar-refractivity contribution in [3.8, 4) is 6.07 Å². The first-order chi connectivity index (χ1) is 16.5. The number of aromatic nitrogens is 4. The number of nitrogens with zero attached hydrogens (tertiary/aromatic N) is 4. The van der Waals surface area contributed by atoms with Crippen LogP contribution in [0.15, 0.2) is 47.1 Å². The van der Waals surface area contributed by atoms with Gasteiger partial charge in [0.2, 0.25) is 5.95 Å². The molecule has 170 valence electrons. The summed E-state index contributed by atoms with van der Waals surface area (Å²) in [4.78, 5) is 23.6. The maximum atomic E-state index is 13.1. The first-order valence-electron chi connectivity index (χ1n) is 11.2. The molecule has 1 spiro atoms. The summed E-state index contributed by atoms with van der Waals surface area (Å²) in [7, 11) is 0. The summed E-state index contributed by atoms with van der Waals surface area (Å²) in [5.41, 5.74) is 11.2.